The summed E-state index contributed by atoms with van der Waals surface area (Å²) >= 11 is 0. The van der Waals surface area contributed by atoms with Crippen LogP contribution in [0.2, 0.25) is 65.0 Å². The number of hydrogen-bond donors (Lipinski definition) is 0. The van der Waals surface area contributed by atoms with Crippen LogP contribution in [0, 0.1) is 0 Å². The molecule has 0 aromatic rings. The molecule has 0 aromatic carbocycles. The molecule has 1 atom stereocenters. The largest absolute Gasteiger partial charge is 0.415 e. The lowest BCUT2D eigenvalue weighted by Crippen LogP contribution is -2.41. The van der Waals surface area contributed by atoms with E-state index in [0.717, 1.165) is 6.61 Å². The minimum absolute atomic E-state index is 0.319. The van der Waals surface area contributed by atoms with Crippen molar-refractivity contribution in [3.63, 3.8) is 0 Å². The maximum absolute atomic E-state index is 6.28. The van der Waals surface area contributed by atoms with Crippen molar-refractivity contribution < 1.29 is 8.85 Å². The summed E-state index contributed by atoms with van der Waals surface area (Å²) in [4.78, 5) is 0. The van der Waals surface area contributed by atoms with E-state index in [1.54, 1.807) is 0 Å². The molecule has 0 fully saturated rings. The van der Waals surface area contributed by atoms with Crippen molar-refractivity contribution >= 4 is 24.7 Å². The second-order valence-corrected chi connectivity index (χ2v) is 22.5. The lowest BCUT2D eigenvalue weighted by molar-refractivity contribution is 0.132. The molecule has 0 bridgehead atoms. The lowest BCUT2D eigenvalue weighted by atomic mass is 10.4. The second-order valence-electron chi connectivity index (χ2n) is 8.04. The molecule has 0 amide bonds. The van der Waals surface area contributed by atoms with Gasteiger partial charge in [0.15, 0.2) is 16.6 Å². The molecule has 0 saturated carbocycles. The van der Waals surface area contributed by atoms with Crippen molar-refractivity contribution in [3.8, 4) is 0 Å². The summed E-state index contributed by atoms with van der Waals surface area (Å²) in [7, 11) is -3.96. The Balaban J connectivity index is 4.42. The van der Waals surface area contributed by atoms with Gasteiger partial charge in [-0.25, -0.2) is 0 Å². The molecule has 104 valence electrons. The van der Waals surface area contributed by atoms with Crippen LogP contribution in [0.15, 0.2) is 0 Å². The molecule has 1 unspecified atom stereocenters. The lowest BCUT2D eigenvalue weighted by Gasteiger charge is -2.32. The van der Waals surface area contributed by atoms with Gasteiger partial charge in [-0.1, -0.05) is 19.6 Å². The first-order valence-corrected chi connectivity index (χ1v) is 17.1. The van der Waals surface area contributed by atoms with Crippen LogP contribution in [0.5, 0.6) is 0 Å². The predicted molar refractivity (Wildman–Crippen MR) is 85.7 cm³/mol. The quantitative estimate of drug-likeness (QED) is 0.648. The molecule has 0 aliphatic carbocycles. The Bertz CT molecular complexity index is 207. The van der Waals surface area contributed by atoms with E-state index in [0.29, 0.717) is 6.10 Å². The van der Waals surface area contributed by atoms with Crippen molar-refractivity contribution in [2.75, 3.05) is 6.61 Å². The Hall–Kier alpha value is 0.571. The van der Waals surface area contributed by atoms with Gasteiger partial charge in [0.1, 0.15) is 0 Å². The maximum atomic E-state index is 6.28. The average molecular weight is 293 g/mol. The van der Waals surface area contributed by atoms with Gasteiger partial charge < -0.3 is 8.85 Å². The van der Waals surface area contributed by atoms with E-state index in [-0.39, 0.29) is 0 Å². The van der Waals surface area contributed by atoms with E-state index in [4.69, 9.17) is 8.85 Å². The van der Waals surface area contributed by atoms with E-state index in [2.05, 4.69) is 58.9 Å². The van der Waals surface area contributed by atoms with Gasteiger partial charge in [0, 0.05) is 8.07 Å². The fourth-order valence-corrected chi connectivity index (χ4v) is 5.23. The van der Waals surface area contributed by atoms with Crippen LogP contribution >= 0.6 is 0 Å². The van der Waals surface area contributed by atoms with Crippen LogP contribution in [0.25, 0.3) is 0 Å². The molecule has 0 heterocycles. The smallest absolute Gasteiger partial charge is 0.184 e. The Kier molecular flexibility index (Phi) is 6.35. The van der Waals surface area contributed by atoms with Crippen LogP contribution in [0.1, 0.15) is 0 Å². The van der Waals surface area contributed by atoms with E-state index in [1.807, 2.05) is 0 Å². The predicted octanol–water partition coefficient (Wildman–Crippen LogP) is 4.40. The number of hydrogen-bond acceptors (Lipinski definition) is 2. The minimum atomic E-state index is -1.46. The molecular weight excluding hydrogens is 260 g/mol. The summed E-state index contributed by atoms with van der Waals surface area (Å²) in [5.41, 5.74) is 0. The van der Waals surface area contributed by atoms with Crippen LogP contribution in [0.4, 0.5) is 0 Å². The zero-order chi connectivity index (χ0) is 13.9. The van der Waals surface area contributed by atoms with Gasteiger partial charge in [-0.3, -0.25) is 0 Å². The second kappa shape index (κ2) is 6.14. The fraction of sp³-hybridized carbons (Fsp3) is 1.00. The molecule has 0 radical (unpaired) electrons. The molecule has 0 aliphatic rings. The van der Waals surface area contributed by atoms with E-state index in [9.17, 15) is 0 Å². The fourth-order valence-electron chi connectivity index (χ4n) is 1.66. The molecule has 0 aromatic heterocycles. The molecule has 0 rings (SSSR count). The Morgan fingerprint density at radius 1 is 0.765 bits per heavy atom. The van der Waals surface area contributed by atoms with Gasteiger partial charge >= 0.3 is 0 Å². The molecule has 0 N–H and O–H groups in total. The van der Waals surface area contributed by atoms with E-state index >= 15 is 0 Å². The van der Waals surface area contributed by atoms with E-state index in [1.165, 1.54) is 6.04 Å². The topological polar surface area (TPSA) is 18.5 Å². The van der Waals surface area contributed by atoms with Gasteiger partial charge in [0.25, 0.3) is 0 Å². The highest BCUT2D eigenvalue weighted by molar-refractivity contribution is 6.76. The van der Waals surface area contributed by atoms with Crippen LogP contribution in [-0.4, -0.2) is 37.4 Å². The zero-order valence-electron chi connectivity index (χ0n) is 13.3. The highest BCUT2D eigenvalue weighted by Gasteiger charge is 2.28. The van der Waals surface area contributed by atoms with Gasteiger partial charge in [-0.05, 0) is 45.3 Å². The summed E-state index contributed by atoms with van der Waals surface area (Å²) in [5, 5.41) is 0. The summed E-state index contributed by atoms with van der Waals surface area (Å²) in [5.74, 6) is 0. The molecule has 0 aliphatic heterocycles. The standard InChI is InChI=1S/C12H32O2Si3/c1-15(2,3)11-12(14-17(7,8)9)10-13-16(4,5)6/h12H,10-11H2,1-9H3. The van der Waals surface area contributed by atoms with Crippen molar-refractivity contribution in [3.05, 3.63) is 0 Å². The van der Waals surface area contributed by atoms with E-state index < -0.39 is 24.7 Å². The van der Waals surface area contributed by atoms with Crippen molar-refractivity contribution in [2.45, 2.75) is 71.1 Å². The normalized spacial score (nSPS) is 16.1. The summed E-state index contributed by atoms with van der Waals surface area (Å²) in [6.45, 7) is 21.5. The third-order valence-electron chi connectivity index (χ3n) is 2.06. The minimum Gasteiger partial charge on any atom is -0.415 e. The maximum Gasteiger partial charge on any atom is 0.184 e. The monoisotopic (exact) mass is 292 g/mol. The molecular formula is C12H32O2Si3. The van der Waals surface area contributed by atoms with Crippen molar-refractivity contribution in [1.82, 2.24) is 0 Å². The number of rotatable bonds is 7. The van der Waals surface area contributed by atoms with Crippen molar-refractivity contribution in [2.24, 2.45) is 0 Å². The highest BCUT2D eigenvalue weighted by atomic mass is 28.4. The van der Waals surface area contributed by atoms with Gasteiger partial charge in [-0.2, -0.15) is 0 Å². The first-order valence-electron chi connectivity index (χ1n) is 6.60. The Labute approximate surface area is 111 Å². The highest BCUT2D eigenvalue weighted by Crippen LogP contribution is 2.19. The van der Waals surface area contributed by atoms with Gasteiger partial charge in [0.05, 0.1) is 12.7 Å². The molecule has 17 heavy (non-hydrogen) atoms. The van der Waals surface area contributed by atoms with Gasteiger partial charge in [-0.15, -0.1) is 0 Å². The summed E-state index contributed by atoms with van der Waals surface area (Å²) in [6.07, 6.45) is 0.319. The summed E-state index contributed by atoms with van der Waals surface area (Å²) < 4.78 is 12.3. The molecule has 2 nitrogen and oxygen atoms in total. The first-order chi connectivity index (χ1) is 7.29. The van der Waals surface area contributed by atoms with Crippen LogP contribution in [-0.2, 0) is 8.85 Å². The van der Waals surface area contributed by atoms with Gasteiger partial charge in [0.2, 0.25) is 0 Å². The third-order valence-corrected chi connectivity index (χ3v) is 5.82. The molecule has 5 heteroatoms. The van der Waals surface area contributed by atoms with Crippen LogP contribution in [0.3, 0.4) is 0 Å². The molecule has 0 saturated heterocycles. The average Bonchev–Trinajstić information content (AvgIpc) is 1.92. The SMILES string of the molecule is C[Si](C)(C)CC(CO[Si](C)(C)C)O[Si](C)(C)C. The molecule has 0 spiro atoms. The summed E-state index contributed by atoms with van der Waals surface area (Å²) in [6, 6.07) is 1.21. The Morgan fingerprint density at radius 3 is 1.53 bits per heavy atom. The zero-order valence-corrected chi connectivity index (χ0v) is 16.3. The Morgan fingerprint density at radius 2 is 1.24 bits per heavy atom. The van der Waals surface area contributed by atoms with Crippen molar-refractivity contribution in [1.29, 1.82) is 0 Å². The third kappa shape index (κ3) is 12.8. The first kappa shape index (κ1) is 17.6. The van der Waals surface area contributed by atoms with Crippen LogP contribution < -0.4 is 0 Å².